The van der Waals surface area contributed by atoms with Gasteiger partial charge in [0.05, 0.1) is 18.2 Å². The summed E-state index contributed by atoms with van der Waals surface area (Å²) in [6.07, 6.45) is 0.898. The summed E-state index contributed by atoms with van der Waals surface area (Å²) in [6.45, 7) is 3.91. The highest BCUT2D eigenvalue weighted by atomic mass is 16.5. The van der Waals surface area contributed by atoms with Crippen LogP contribution in [0.2, 0.25) is 0 Å². The van der Waals surface area contributed by atoms with E-state index in [1.54, 1.807) is 0 Å². The molecule has 3 atom stereocenters. The molecule has 156 valence electrons. The molecule has 1 fully saturated rings. The Morgan fingerprint density at radius 3 is 3.00 bits per heavy atom. The van der Waals surface area contributed by atoms with Crippen molar-refractivity contribution in [3.05, 3.63) is 64.1 Å². The van der Waals surface area contributed by atoms with Crippen LogP contribution in [0.5, 0.6) is 0 Å². The van der Waals surface area contributed by atoms with Crippen molar-refractivity contribution in [3.8, 4) is 0 Å². The van der Waals surface area contributed by atoms with Crippen LogP contribution >= 0.6 is 0 Å². The van der Waals surface area contributed by atoms with Crippen LogP contribution < -0.4 is 16.0 Å². The monoisotopic (exact) mass is 399 g/mol. The van der Waals surface area contributed by atoms with Crippen molar-refractivity contribution in [2.75, 3.05) is 6.54 Å². The summed E-state index contributed by atoms with van der Waals surface area (Å²) in [5.41, 5.74) is 9.97. The van der Waals surface area contributed by atoms with E-state index in [9.17, 15) is 9.90 Å². The van der Waals surface area contributed by atoms with Crippen molar-refractivity contribution >= 4 is 11.7 Å². The van der Waals surface area contributed by atoms with Gasteiger partial charge in [-0.3, -0.25) is 10.1 Å². The Bertz CT molecular complexity index is 864. The first-order valence-electron chi connectivity index (χ1n) is 9.63. The second-order valence-electron chi connectivity index (χ2n) is 7.56. The summed E-state index contributed by atoms with van der Waals surface area (Å²) in [4.78, 5) is 12.7. The van der Waals surface area contributed by atoms with E-state index in [1.807, 2.05) is 38.1 Å². The minimum Gasteiger partial charge on any atom is -0.656 e. The average Bonchev–Trinajstić information content (AvgIpc) is 3.09. The molecule has 1 aliphatic carbocycles. The van der Waals surface area contributed by atoms with Crippen molar-refractivity contribution in [2.24, 2.45) is 0 Å². The van der Waals surface area contributed by atoms with Crippen LogP contribution in [0.15, 0.2) is 41.9 Å². The van der Waals surface area contributed by atoms with Crippen LogP contribution in [0, 0.1) is 6.92 Å². The molecule has 9 heteroatoms. The summed E-state index contributed by atoms with van der Waals surface area (Å²) in [5, 5.41) is 22.9. The Morgan fingerprint density at radius 2 is 2.28 bits per heavy atom. The van der Waals surface area contributed by atoms with Gasteiger partial charge in [0.15, 0.2) is 12.0 Å². The number of hydrogen-bond acceptors (Lipinski definition) is 6. The molecule has 5 N–H and O–H groups in total. The van der Waals surface area contributed by atoms with Crippen molar-refractivity contribution in [1.82, 2.24) is 16.0 Å². The van der Waals surface area contributed by atoms with Gasteiger partial charge in [-0.1, -0.05) is 35.6 Å². The predicted octanol–water partition coefficient (Wildman–Crippen LogP) is 1.77. The van der Waals surface area contributed by atoms with Crippen molar-refractivity contribution in [2.45, 2.75) is 51.0 Å². The van der Waals surface area contributed by atoms with Gasteiger partial charge in [-0.2, -0.15) is 0 Å². The Morgan fingerprint density at radius 1 is 1.48 bits per heavy atom. The van der Waals surface area contributed by atoms with Crippen LogP contribution in [-0.4, -0.2) is 41.9 Å². The van der Waals surface area contributed by atoms with Gasteiger partial charge < -0.3 is 36.3 Å². The van der Waals surface area contributed by atoms with E-state index in [0.29, 0.717) is 30.0 Å². The highest BCUT2D eigenvalue weighted by molar-refractivity contribution is 6.00. The van der Waals surface area contributed by atoms with E-state index < -0.39 is 24.0 Å². The first-order valence-corrected chi connectivity index (χ1v) is 9.63. The summed E-state index contributed by atoms with van der Waals surface area (Å²) >= 11 is 0. The molecule has 0 spiro atoms. The van der Waals surface area contributed by atoms with Gasteiger partial charge in [0.25, 0.3) is 5.91 Å². The number of nitrogens with one attached hydrogen (secondary N) is 4. The van der Waals surface area contributed by atoms with E-state index in [1.165, 1.54) is 6.26 Å². The summed E-state index contributed by atoms with van der Waals surface area (Å²) in [5.74, 6) is 0.0579. The predicted molar refractivity (Wildman–Crippen MR) is 107 cm³/mol. The zero-order valence-electron chi connectivity index (χ0n) is 16.4. The maximum absolute atomic E-state index is 12.7. The Kier molecular flexibility index (Phi) is 5.12. The molecular formula is C20H25N5O4-2. The number of aliphatic hydroxyl groups is 1. The summed E-state index contributed by atoms with van der Waals surface area (Å²) in [6, 6.07) is 7.70. The molecule has 2 heterocycles. The highest BCUT2D eigenvalue weighted by Gasteiger charge is 2.41. The Labute approximate surface area is 169 Å². The lowest BCUT2D eigenvalue weighted by molar-refractivity contribution is -0.118. The van der Waals surface area contributed by atoms with E-state index in [0.717, 1.165) is 11.1 Å². The second kappa shape index (κ2) is 7.58. The molecule has 9 nitrogen and oxygen atoms in total. The molecule has 0 bridgehead atoms. The Hall–Kier alpha value is -2.75. The number of rotatable bonds is 7. The minimum absolute atomic E-state index is 0.128. The van der Waals surface area contributed by atoms with Crippen molar-refractivity contribution in [1.29, 1.82) is 0 Å². The number of benzene rings is 1. The lowest BCUT2D eigenvalue weighted by Gasteiger charge is -2.31. The fraction of sp³-hybridized carbons (Fsp3) is 0.450. The molecular weight excluding hydrogens is 374 g/mol. The van der Waals surface area contributed by atoms with E-state index in [2.05, 4.69) is 21.3 Å². The molecule has 29 heavy (non-hydrogen) atoms. The van der Waals surface area contributed by atoms with Crippen molar-refractivity contribution < 1.29 is 19.4 Å². The third-order valence-electron chi connectivity index (χ3n) is 4.94. The number of ether oxygens (including phenoxy) is 2. The molecule has 0 aromatic heterocycles. The largest absolute Gasteiger partial charge is 0.656 e. The molecule has 3 unspecified atom stereocenters. The zero-order chi connectivity index (χ0) is 20.6. The van der Waals surface area contributed by atoms with Gasteiger partial charge in [-0.25, -0.2) is 0 Å². The Balaban J connectivity index is 1.32. The van der Waals surface area contributed by atoms with Gasteiger partial charge in [-0.15, -0.1) is 0 Å². The average molecular weight is 399 g/mol. The van der Waals surface area contributed by atoms with Crippen LogP contribution in [0.25, 0.3) is 16.8 Å². The number of nitrogens with zero attached hydrogens (tertiary/aromatic N) is 1. The summed E-state index contributed by atoms with van der Waals surface area (Å²) in [7, 11) is 0. The number of hydrogen-bond donors (Lipinski definition) is 4. The smallest absolute Gasteiger partial charge is 0.270 e. The molecule has 1 saturated carbocycles. The fourth-order valence-corrected chi connectivity index (χ4v) is 3.22. The highest BCUT2D eigenvalue weighted by Crippen LogP contribution is 2.46. The minimum atomic E-state index is -0.918. The van der Waals surface area contributed by atoms with Crippen LogP contribution in [0.1, 0.15) is 30.9 Å². The maximum atomic E-state index is 12.7. The van der Waals surface area contributed by atoms with Gasteiger partial charge in [0.1, 0.15) is 5.70 Å². The van der Waals surface area contributed by atoms with Crippen LogP contribution in [0.4, 0.5) is 0 Å². The van der Waals surface area contributed by atoms with Crippen LogP contribution in [-0.2, 0) is 14.3 Å². The van der Waals surface area contributed by atoms with Gasteiger partial charge in [-0.05, 0) is 39.3 Å². The van der Waals surface area contributed by atoms with Gasteiger partial charge in [0.2, 0.25) is 0 Å². The topological polar surface area (TPSA) is 130 Å². The van der Waals surface area contributed by atoms with Gasteiger partial charge >= 0.3 is 0 Å². The molecule has 4 rings (SSSR count). The quantitative estimate of drug-likeness (QED) is 0.553. The number of carbonyl (C=O) groups is 1. The normalized spacial score (nSPS) is 25.3. The van der Waals surface area contributed by atoms with E-state index in [-0.39, 0.29) is 12.8 Å². The lowest BCUT2D eigenvalue weighted by atomic mass is 10.1. The molecule has 0 saturated heterocycles. The van der Waals surface area contributed by atoms with Crippen LogP contribution in [0.3, 0.4) is 0 Å². The van der Waals surface area contributed by atoms with Gasteiger partial charge in [0, 0.05) is 5.56 Å². The molecule has 3 aliphatic rings. The molecule has 0 radical (unpaired) electrons. The lowest BCUT2D eigenvalue weighted by Crippen LogP contribution is -2.44. The number of amides is 1. The standard InChI is InChI=1S/C20H25N5O4/c1-11-4-3-5-13(8-11)17-16(23-12(2)29-17)18(26)25-15(21)9-22-19-24-14(10-28-19)20(27)6-7-20/h3-5,8,10,12,15,19,21-23,27H,6-7,9H2,1-2H3,(H,25,26)/q-2. The van der Waals surface area contributed by atoms with Crippen molar-refractivity contribution in [3.63, 3.8) is 0 Å². The van der Waals surface area contributed by atoms with E-state index in [4.69, 9.17) is 15.2 Å². The first-order chi connectivity index (χ1) is 13.8. The molecule has 1 aromatic carbocycles. The summed E-state index contributed by atoms with van der Waals surface area (Å²) < 4.78 is 11.1. The van der Waals surface area contributed by atoms with E-state index >= 15 is 0 Å². The number of aryl methyl sites for hydroxylation is 1. The fourth-order valence-electron chi connectivity index (χ4n) is 3.22. The SMILES string of the molecule is Cc1cccc(C2=C(C(=O)NC([NH-])CNC3[N-]C(C4(O)CC4)=CO3)NC(C)O2)c1. The third-order valence-corrected chi connectivity index (χ3v) is 4.94. The number of carbonyl (C=O) groups excluding carboxylic acids is 1. The second-order valence-corrected chi connectivity index (χ2v) is 7.56. The molecule has 1 amide bonds. The third kappa shape index (κ3) is 4.31. The maximum Gasteiger partial charge on any atom is 0.270 e. The first kappa shape index (κ1) is 19.6. The zero-order valence-corrected chi connectivity index (χ0v) is 16.4. The molecule has 2 aliphatic heterocycles. The molecule has 1 aromatic rings.